The van der Waals surface area contributed by atoms with E-state index in [1.54, 1.807) is 0 Å². The van der Waals surface area contributed by atoms with Crippen molar-refractivity contribution in [1.82, 2.24) is 9.97 Å². The van der Waals surface area contributed by atoms with E-state index in [1.165, 1.54) is 24.5 Å². The van der Waals surface area contributed by atoms with Crippen LogP contribution >= 0.6 is 34.5 Å². The van der Waals surface area contributed by atoms with Crippen LogP contribution in [0.25, 0.3) is 0 Å². The maximum Gasteiger partial charge on any atom is 0.272 e. The van der Waals surface area contributed by atoms with Gasteiger partial charge in [0.25, 0.3) is 10.0 Å². The molecule has 0 bridgehead atoms. The van der Waals surface area contributed by atoms with E-state index >= 15 is 0 Å². The zero-order chi connectivity index (χ0) is 12.5. The molecule has 0 aromatic carbocycles. The van der Waals surface area contributed by atoms with Gasteiger partial charge in [0, 0.05) is 12.4 Å². The van der Waals surface area contributed by atoms with Crippen LogP contribution in [0.1, 0.15) is 0 Å². The second-order valence-corrected chi connectivity index (χ2v) is 6.84. The van der Waals surface area contributed by atoms with Crippen molar-refractivity contribution in [2.24, 2.45) is 0 Å². The molecular weight excluding hydrogens is 305 g/mol. The average molecular weight is 310 g/mol. The van der Waals surface area contributed by atoms with E-state index in [9.17, 15) is 8.42 Å². The highest BCUT2D eigenvalue weighted by Crippen LogP contribution is 2.27. The van der Waals surface area contributed by atoms with E-state index in [4.69, 9.17) is 23.2 Å². The van der Waals surface area contributed by atoms with Gasteiger partial charge in [-0.1, -0.05) is 23.2 Å². The van der Waals surface area contributed by atoms with E-state index in [-0.39, 0.29) is 15.2 Å². The number of aromatic nitrogens is 2. The Kier molecular flexibility index (Phi) is 3.53. The Morgan fingerprint density at radius 1 is 1.18 bits per heavy atom. The Balaban J connectivity index is 2.33. The summed E-state index contributed by atoms with van der Waals surface area (Å²) in [6.45, 7) is 0. The number of halogens is 2. The van der Waals surface area contributed by atoms with Gasteiger partial charge in [0.1, 0.15) is 4.21 Å². The van der Waals surface area contributed by atoms with E-state index in [1.807, 2.05) is 0 Å². The van der Waals surface area contributed by atoms with Gasteiger partial charge in [-0.25, -0.2) is 18.4 Å². The smallest absolute Gasteiger partial charge is 0.260 e. The maximum absolute atomic E-state index is 11.9. The van der Waals surface area contributed by atoms with Crippen molar-refractivity contribution in [3.8, 4) is 0 Å². The van der Waals surface area contributed by atoms with Gasteiger partial charge in [-0.2, -0.15) is 0 Å². The highest BCUT2D eigenvalue weighted by molar-refractivity contribution is 7.94. The standard InChI is InChI=1S/C8H5Cl2N3O2S2/c9-5-1-2-6(16-5)17(14,15)13-8-7(10)11-3-4-12-8/h1-4H,(H,12,13). The summed E-state index contributed by atoms with van der Waals surface area (Å²) in [5.41, 5.74) is 0. The van der Waals surface area contributed by atoms with E-state index < -0.39 is 10.0 Å². The second-order valence-electron chi connectivity index (χ2n) is 2.86. The number of hydrogen-bond donors (Lipinski definition) is 1. The first-order valence-electron chi connectivity index (χ1n) is 4.24. The Morgan fingerprint density at radius 3 is 2.47 bits per heavy atom. The number of hydrogen-bond acceptors (Lipinski definition) is 5. The fourth-order valence-corrected chi connectivity index (χ4v) is 3.72. The Labute approximate surface area is 111 Å². The lowest BCUT2D eigenvalue weighted by molar-refractivity contribution is 0.603. The Morgan fingerprint density at radius 2 is 1.88 bits per heavy atom. The number of thiophene rings is 1. The zero-order valence-electron chi connectivity index (χ0n) is 8.09. The molecule has 2 aromatic rings. The van der Waals surface area contributed by atoms with Gasteiger partial charge in [0.2, 0.25) is 0 Å². The van der Waals surface area contributed by atoms with Crippen LogP contribution in [0.15, 0.2) is 28.7 Å². The molecule has 5 nitrogen and oxygen atoms in total. The first-order chi connectivity index (χ1) is 7.99. The van der Waals surface area contributed by atoms with Crippen molar-refractivity contribution in [1.29, 1.82) is 0 Å². The second kappa shape index (κ2) is 4.77. The number of nitrogens with zero attached hydrogens (tertiary/aromatic N) is 2. The molecule has 0 aliphatic rings. The topological polar surface area (TPSA) is 72.0 Å². The van der Waals surface area contributed by atoms with Gasteiger partial charge < -0.3 is 0 Å². The van der Waals surface area contributed by atoms with Gasteiger partial charge in [-0.05, 0) is 12.1 Å². The Bertz CT molecular complexity index is 642. The minimum Gasteiger partial charge on any atom is -0.260 e. The molecule has 0 unspecified atom stereocenters. The fraction of sp³-hybridized carbons (Fsp3) is 0. The third-order valence-corrected chi connectivity index (χ3v) is 5.04. The predicted octanol–water partition coefficient (Wildman–Crippen LogP) is 2.65. The van der Waals surface area contributed by atoms with Gasteiger partial charge in [-0.3, -0.25) is 4.72 Å². The molecule has 0 spiro atoms. The third kappa shape index (κ3) is 2.86. The molecule has 9 heteroatoms. The normalized spacial score (nSPS) is 11.4. The van der Waals surface area contributed by atoms with Crippen molar-refractivity contribution in [3.05, 3.63) is 34.0 Å². The minimum absolute atomic E-state index is 0.0151. The van der Waals surface area contributed by atoms with E-state index in [0.29, 0.717) is 4.34 Å². The molecule has 0 fully saturated rings. The highest BCUT2D eigenvalue weighted by Gasteiger charge is 2.18. The van der Waals surface area contributed by atoms with Gasteiger partial charge >= 0.3 is 0 Å². The Hall–Kier alpha value is -0.890. The molecule has 0 radical (unpaired) electrons. The summed E-state index contributed by atoms with van der Waals surface area (Å²) >= 11 is 12.3. The van der Waals surface area contributed by atoms with Crippen molar-refractivity contribution < 1.29 is 8.42 Å². The molecule has 2 rings (SSSR count). The van der Waals surface area contributed by atoms with Crippen molar-refractivity contribution >= 4 is 50.4 Å². The molecular formula is C8H5Cl2N3O2S2. The molecule has 0 saturated carbocycles. The molecule has 0 amide bonds. The summed E-state index contributed by atoms with van der Waals surface area (Å²) in [4.78, 5) is 7.50. The fourth-order valence-electron chi connectivity index (χ4n) is 1.01. The first kappa shape index (κ1) is 12.6. The zero-order valence-corrected chi connectivity index (χ0v) is 11.2. The summed E-state index contributed by atoms with van der Waals surface area (Å²) in [5, 5.41) is -0.0151. The molecule has 1 N–H and O–H groups in total. The summed E-state index contributed by atoms with van der Waals surface area (Å²) in [5.74, 6) is -0.0151. The largest absolute Gasteiger partial charge is 0.272 e. The summed E-state index contributed by atoms with van der Waals surface area (Å²) in [6.07, 6.45) is 2.70. The summed E-state index contributed by atoms with van der Waals surface area (Å²) in [7, 11) is -3.72. The van der Waals surface area contributed by atoms with Crippen molar-refractivity contribution in [2.75, 3.05) is 4.72 Å². The van der Waals surface area contributed by atoms with Crippen LogP contribution < -0.4 is 4.72 Å². The summed E-state index contributed by atoms with van der Waals surface area (Å²) < 4.78 is 26.5. The molecule has 0 atom stereocenters. The molecule has 0 saturated heterocycles. The van der Waals surface area contributed by atoms with Crippen LogP contribution in [0.5, 0.6) is 0 Å². The first-order valence-corrected chi connectivity index (χ1v) is 7.29. The lowest BCUT2D eigenvalue weighted by Crippen LogP contribution is -2.13. The molecule has 17 heavy (non-hydrogen) atoms. The van der Waals surface area contributed by atoms with Crippen molar-refractivity contribution in [2.45, 2.75) is 4.21 Å². The average Bonchev–Trinajstić information content (AvgIpc) is 2.69. The quantitative estimate of drug-likeness (QED) is 0.946. The van der Waals surface area contributed by atoms with Gasteiger partial charge in [0.15, 0.2) is 11.0 Å². The maximum atomic E-state index is 11.9. The van der Waals surface area contributed by atoms with Crippen LogP contribution in [-0.2, 0) is 10.0 Å². The van der Waals surface area contributed by atoms with Gasteiger partial charge in [-0.15, -0.1) is 11.3 Å². The van der Waals surface area contributed by atoms with Crippen LogP contribution in [0.2, 0.25) is 9.49 Å². The molecule has 2 heterocycles. The number of anilines is 1. The van der Waals surface area contributed by atoms with Crippen LogP contribution in [0.3, 0.4) is 0 Å². The van der Waals surface area contributed by atoms with E-state index in [0.717, 1.165) is 11.3 Å². The SMILES string of the molecule is O=S(=O)(Nc1nccnc1Cl)c1ccc(Cl)s1. The minimum atomic E-state index is -3.72. The van der Waals surface area contributed by atoms with Gasteiger partial charge in [0.05, 0.1) is 4.34 Å². The third-order valence-electron chi connectivity index (χ3n) is 1.70. The number of sulfonamides is 1. The monoisotopic (exact) mass is 309 g/mol. The highest BCUT2D eigenvalue weighted by atomic mass is 35.5. The van der Waals surface area contributed by atoms with Crippen LogP contribution in [-0.4, -0.2) is 18.4 Å². The molecule has 0 aliphatic heterocycles. The lowest BCUT2D eigenvalue weighted by atomic mass is 10.7. The van der Waals surface area contributed by atoms with Crippen molar-refractivity contribution in [3.63, 3.8) is 0 Å². The lowest BCUT2D eigenvalue weighted by Gasteiger charge is -2.05. The number of nitrogens with one attached hydrogen (secondary N) is 1. The molecule has 0 aliphatic carbocycles. The summed E-state index contributed by atoms with van der Waals surface area (Å²) in [6, 6.07) is 2.90. The van der Waals surface area contributed by atoms with E-state index in [2.05, 4.69) is 14.7 Å². The molecule has 2 aromatic heterocycles. The molecule has 90 valence electrons. The predicted molar refractivity (Wildman–Crippen MR) is 67.2 cm³/mol. The van der Waals surface area contributed by atoms with Crippen LogP contribution in [0, 0.1) is 0 Å². The number of rotatable bonds is 3. The van der Waals surface area contributed by atoms with Crippen LogP contribution in [0.4, 0.5) is 5.82 Å².